The Morgan fingerprint density at radius 3 is 2.42 bits per heavy atom. The average molecular weight is 411 g/mol. The van der Waals surface area contributed by atoms with Crippen molar-refractivity contribution >= 4 is 39.2 Å². The van der Waals surface area contributed by atoms with Gasteiger partial charge in [-0.2, -0.15) is 4.58 Å². The zero-order chi connectivity index (χ0) is 22.2. The molecule has 0 amide bonds. The summed E-state index contributed by atoms with van der Waals surface area (Å²) in [4.78, 5) is 13.5. The minimum Gasteiger partial charge on any atom is -0.871 e. The lowest BCUT2D eigenvalue weighted by Crippen LogP contribution is -2.31. The molecule has 31 heavy (non-hydrogen) atoms. The molecule has 0 bridgehead atoms. The van der Waals surface area contributed by atoms with E-state index >= 15 is 0 Å². The van der Waals surface area contributed by atoms with Crippen LogP contribution in [0.15, 0.2) is 47.7 Å². The molecule has 0 radical (unpaired) electrons. The van der Waals surface area contributed by atoms with Gasteiger partial charge in [-0.1, -0.05) is 30.4 Å². The molecule has 156 valence electrons. The number of Topliss-reactive ketones (excluding diaryl/α,β-unsaturated/α-hetero) is 1. The van der Waals surface area contributed by atoms with Crippen LogP contribution < -0.4 is 5.11 Å². The number of aryl methyl sites for hydroxylation is 3. The predicted molar refractivity (Wildman–Crippen MR) is 124 cm³/mol. The van der Waals surface area contributed by atoms with Crippen LogP contribution in [0.4, 0.5) is 5.69 Å². The molecule has 2 aliphatic rings. The molecule has 4 heteroatoms. The third kappa shape index (κ3) is 2.48. The van der Waals surface area contributed by atoms with E-state index in [2.05, 4.69) is 52.5 Å². The van der Waals surface area contributed by atoms with Gasteiger partial charge in [-0.25, -0.2) is 0 Å². The molecule has 2 heterocycles. The highest BCUT2D eigenvalue weighted by Crippen LogP contribution is 2.46. The first-order valence-electron chi connectivity index (χ1n) is 10.7. The third-order valence-electron chi connectivity index (χ3n) is 7.02. The fraction of sp³-hybridized carbons (Fsp3) is 0.259. The highest BCUT2D eigenvalue weighted by molar-refractivity contribution is 6.46. The van der Waals surface area contributed by atoms with E-state index in [0.717, 1.165) is 56.7 Å². The lowest BCUT2D eigenvalue weighted by molar-refractivity contribution is -0.401. The monoisotopic (exact) mass is 410 g/mol. The highest BCUT2D eigenvalue weighted by atomic mass is 16.3. The first kappa shape index (κ1) is 19.6. The fourth-order valence-electron chi connectivity index (χ4n) is 5.00. The van der Waals surface area contributed by atoms with Crippen LogP contribution >= 0.6 is 0 Å². The predicted octanol–water partition coefficient (Wildman–Crippen LogP) is 4.21. The summed E-state index contributed by atoms with van der Waals surface area (Å²) in [5.41, 5.74) is 9.48. The summed E-state index contributed by atoms with van der Waals surface area (Å²) in [6, 6.07) is 12.5. The van der Waals surface area contributed by atoms with Gasteiger partial charge in [0.25, 0.3) is 0 Å². The summed E-state index contributed by atoms with van der Waals surface area (Å²) in [7, 11) is 3.97. The van der Waals surface area contributed by atoms with Crippen molar-refractivity contribution in [3.05, 3.63) is 75.7 Å². The Labute approximate surface area is 182 Å². The lowest BCUT2D eigenvalue weighted by Gasteiger charge is -2.32. The second-order valence-electron chi connectivity index (χ2n) is 8.67. The average Bonchev–Trinajstić information content (AvgIpc) is 3.14. The van der Waals surface area contributed by atoms with Crippen LogP contribution in [0.5, 0.6) is 0 Å². The maximum atomic E-state index is 13.5. The highest BCUT2D eigenvalue weighted by Gasteiger charge is 2.40. The Morgan fingerprint density at radius 1 is 1.00 bits per heavy atom. The fourth-order valence-corrected chi connectivity index (χ4v) is 5.00. The molecule has 1 aliphatic carbocycles. The molecule has 4 nitrogen and oxygen atoms in total. The van der Waals surface area contributed by atoms with Gasteiger partial charge < -0.3 is 9.67 Å². The molecule has 1 aliphatic heterocycles. The van der Waals surface area contributed by atoms with Gasteiger partial charge in [-0.05, 0) is 44.0 Å². The zero-order valence-electron chi connectivity index (χ0n) is 18.9. The Balaban J connectivity index is 1.78. The largest absolute Gasteiger partial charge is 0.871 e. The van der Waals surface area contributed by atoms with E-state index < -0.39 is 0 Å². The van der Waals surface area contributed by atoms with E-state index in [1.807, 2.05) is 34.9 Å². The van der Waals surface area contributed by atoms with E-state index in [9.17, 15) is 9.90 Å². The standard InChI is InChI=1S/C27H26N2O2/c1-7-17-9-11-21-19(13-17)23(16(4)29(21)6)25-26(30)24(27(25)31)22-15(3)28(5)20-10-8-14(2)12-18(20)22/h8-13H,7H2,1-6H3. The minimum absolute atomic E-state index is 0.139. The van der Waals surface area contributed by atoms with Gasteiger partial charge >= 0.3 is 0 Å². The molecule has 0 saturated carbocycles. The molecule has 2 aromatic carbocycles. The van der Waals surface area contributed by atoms with Crippen LogP contribution in [0.2, 0.25) is 0 Å². The quantitative estimate of drug-likeness (QED) is 0.469. The van der Waals surface area contributed by atoms with Crippen molar-refractivity contribution in [3.63, 3.8) is 0 Å². The van der Waals surface area contributed by atoms with Gasteiger partial charge in [0, 0.05) is 53.3 Å². The maximum Gasteiger partial charge on any atom is 0.213 e. The molecule has 0 unspecified atom stereocenters. The van der Waals surface area contributed by atoms with E-state index in [1.165, 1.54) is 5.56 Å². The number of rotatable bonds is 2. The molecule has 0 spiro atoms. The Kier molecular flexibility index (Phi) is 4.13. The van der Waals surface area contributed by atoms with E-state index in [0.29, 0.717) is 11.1 Å². The van der Waals surface area contributed by atoms with E-state index in [1.54, 1.807) is 0 Å². The summed E-state index contributed by atoms with van der Waals surface area (Å²) in [5, 5.41) is 14.5. The van der Waals surface area contributed by atoms with Gasteiger partial charge in [-0.15, -0.1) is 0 Å². The molecule has 5 rings (SSSR count). The Morgan fingerprint density at radius 2 is 1.74 bits per heavy atom. The number of ketones is 1. The topological polar surface area (TPSA) is 48.1 Å². The third-order valence-corrected chi connectivity index (χ3v) is 7.02. The number of hydrogen-bond donors (Lipinski definition) is 0. The van der Waals surface area contributed by atoms with Crippen LogP contribution in [0.1, 0.15) is 41.8 Å². The number of fused-ring (bicyclic) bond motifs is 2. The molecule has 3 aromatic rings. The Hall–Kier alpha value is -3.40. The summed E-state index contributed by atoms with van der Waals surface area (Å²) < 4.78 is 4.13. The number of benzene rings is 2. The van der Waals surface area contributed by atoms with Crippen molar-refractivity contribution in [2.24, 2.45) is 7.05 Å². The van der Waals surface area contributed by atoms with Gasteiger partial charge in [-0.3, -0.25) is 4.79 Å². The van der Waals surface area contributed by atoms with Crippen molar-refractivity contribution < 1.29 is 14.5 Å². The van der Waals surface area contributed by atoms with Crippen molar-refractivity contribution in [1.29, 1.82) is 0 Å². The SMILES string of the molecule is CCc1ccc2c(c1)c(C1=C([O-])/C(=C3\C(C)=[N+](C)c4ccc(C)cc43)C1=O)c(C)n2C. The maximum absolute atomic E-state index is 13.5. The zero-order valence-corrected chi connectivity index (χ0v) is 18.9. The summed E-state index contributed by atoms with van der Waals surface area (Å²) >= 11 is 0. The van der Waals surface area contributed by atoms with Crippen LogP contribution in [0, 0.1) is 13.8 Å². The smallest absolute Gasteiger partial charge is 0.213 e. The van der Waals surface area contributed by atoms with Crippen molar-refractivity contribution in [1.82, 2.24) is 4.57 Å². The Bertz CT molecular complexity index is 1430. The van der Waals surface area contributed by atoms with Crippen LogP contribution in [-0.4, -0.2) is 27.7 Å². The normalized spacial score (nSPS) is 18.3. The van der Waals surface area contributed by atoms with Crippen LogP contribution in [0.25, 0.3) is 22.0 Å². The molecule has 0 N–H and O–H groups in total. The minimum atomic E-state index is -0.139. The first-order valence-corrected chi connectivity index (χ1v) is 10.7. The molecular formula is C27H26N2O2. The molecular weight excluding hydrogens is 384 g/mol. The van der Waals surface area contributed by atoms with Gasteiger partial charge in [0.05, 0.1) is 11.1 Å². The van der Waals surface area contributed by atoms with Gasteiger partial charge in [0.1, 0.15) is 7.05 Å². The van der Waals surface area contributed by atoms with Crippen LogP contribution in [-0.2, 0) is 18.3 Å². The number of hydrogen-bond acceptors (Lipinski definition) is 2. The van der Waals surface area contributed by atoms with Gasteiger partial charge in [0.2, 0.25) is 5.69 Å². The number of aromatic nitrogens is 1. The molecule has 0 fully saturated rings. The number of nitrogens with zero attached hydrogens (tertiary/aromatic N) is 2. The van der Waals surface area contributed by atoms with Crippen molar-refractivity contribution in [2.75, 3.05) is 7.05 Å². The number of carbonyl (C=O) groups excluding carboxylic acids is 1. The van der Waals surface area contributed by atoms with E-state index in [4.69, 9.17) is 0 Å². The molecule has 0 atom stereocenters. The molecule has 1 aromatic heterocycles. The second kappa shape index (κ2) is 6.55. The number of carbonyl (C=O) groups is 1. The van der Waals surface area contributed by atoms with Crippen LogP contribution in [0.3, 0.4) is 0 Å². The summed E-state index contributed by atoms with van der Waals surface area (Å²) in [5.74, 6) is -0.279. The van der Waals surface area contributed by atoms with Crippen molar-refractivity contribution in [2.45, 2.75) is 34.1 Å². The lowest BCUT2D eigenvalue weighted by atomic mass is 9.78. The first-order chi connectivity index (χ1) is 14.8. The summed E-state index contributed by atoms with van der Waals surface area (Å²) in [6.45, 7) is 8.11. The van der Waals surface area contributed by atoms with Crippen molar-refractivity contribution in [3.8, 4) is 0 Å². The summed E-state index contributed by atoms with van der Waals surface area (Å²) in [6.07, 6.45) is 0.909. The van der Waals surface area contributed by atoms with E-state index in [-0.39, 0.29) is 11.5 Å². The second-order valence-corrected chi connectivity index (χ2v) is 8.67. The molecule has 0 saturated heterocycles. The van der Waals surface area contributed by atoms with Gasteiger partial charge in [0.15, 0.2) is 11.5 Å². The number of allylic oxidation sites excluding steroid dienone is 3.